The first-order valence-electron chi connectivity index (χ1n) is 9.81. The number of carbonyl (C=O) groups excluding carboxylic acids is 3. The fourth-order valence-electron chi connectivity index (χ4n) is 3.39. The van der Waals surface area contributed by atoms with Gasteiger partial charge in [-0.15, -0.1) is 0 Å². The van der Waals surface area contributed by atoms with E-state index in [1.165, 1.54) is 4.90 Å². The van der Waals surface area contributed by atoms with Crippen LogP contribution in [0.25, 0.3) is 0 Å². The number of benzene rings is 2. The first-order valence-corrected chi connectivity index (χ1v) is 9.81. The quantitative estimate of drug-likeness (QED) is 0.666. The summed E-state index contributed by atoms with van der Waals surface area (Å²) in [4.78, 5) is 38.4. The van der Waals surface area contributed by atoms with Gasteiger partial charge in [-0.25, -0.2) is 0 Å². The SMILES string of the molecule is Cc1ccc(C)n1NC(=O)c1ccc(OCC(=O)N2CC(=O)Nc3ccccc32)cc1. The third kappa shape index (κ3) is 4.28. The number of nitrogens with zero attached hydrogens (tertiary/aromatic N) is 2. The Morgan fingerprint density at radius 1 is 1.00 bits per heavy atom. The number of hydrogen-bond acceptors (Lipinski definition) is 4. The van der Waals surface area contributed by atoms with E-state index < -0.39 is 0 Å². The molecule has 0 bridgehead atoms. The van der Waals surface area contributed by atoms with Crippen LogP contribution in [0.5, 0.6) is 5.75 Å². The van der Waals surface area contributed by atoms with Crippen molar-refractivity contribution in [2.45, 2.75) is 13.8 Å². The van der Waals surface area contributed by atoms with Gasteiger partial charge in [-0.1, -0.05) is 12.1 Å². The standard InChI is InChI=1S/C23H22N4O4/c1-15-7-8-16(2)27(15)25-23(30)17-9-11-18(12-10-17)31-14-22(29)26-13-21(28)24-19-5-3-4-6-20(19)26/h3-12H,13-14H2,1-2H3,(H,24,28)(H,25,30). The third-order valence-electron chi connectivity index (χ3n) is 5.04. The summed E-state index contributed by atoms with van der Waals surface area (Å²) in [5.74, 6) is -0.382. The molecule has 0 unspecified atom stereocenters. The zero-order valence-corrected chi connectivity index (χ0v) is 17.2. The van der Waals surface area contributed by atoms with Crippen molar-refractivity contribution in [1.29, 1.82) is 0 Å². The molecular formula is C23H22N4O4. The predicted molar refractivity (Wildman–Crippen MR) is 117 cm³/mol. The molecule has 0 radical (unpaired) electrons. The maximum Gasteiger partial charge on any atom is 0.270 e. The minimum absolute atomic E-state index is 0.0590. The molecular weight excluding hydrogens is 396 g/mol. The van der Waals surface area contributed by atoms with Crippen molar-refractivity contribution >= 4 is 29.1 Å². The number of fused-ring (bicyclic) bond motifs is 1. The van der Waals surface area contributed by atoms with E-state index in [1.807, 2.05) is 26.0 Å². The highest BCUT2D eigenvalue weighted by molar-refractivity contribution is 6.10. The second-order valence-electron chi connectivity index (χ2n) is 7.25. The van der Waals surface area contributed by atoms with E-state index in [-0.39, 0.29) is 30.9 Å². The van der Waals surface area contributed by atoms with Gasteiger partial charge in [0.1, 0.15) is 12.3 Å². The Bertz CT molecular complexity index is 1130. The summed E-state index contributed by atoms with van der Waals surface area (Å²) in [5, 5.41) is 2.74. The number of para-hydroxylation sites is 2. The lowest BCUT2D eigenvalue weighted by atomic mass is 10.2. The number of aromatic nitrogens is 1. The van der Waals surface area contributed by atoms with E-state index in [4.69, 9.17) is 4.74 Å². The second-order valence-corrected chi connectivity index (χ2v) is 7.25. The lowest BCUT2D eigenvalue weighted by molar-refractivity contribution is -0.123. The smallest absolute Gasteiger partial charge is 0.270 e. The molecule has 1 aliphatic rings. The largest absolute Gasteiger partial charge is 0.484 e. The molecule has 8 nitrogen and oxygen atoms in total. The van der Waals surface area contributed by atoms with Crippen molar-refractivity contribution < 1.29 is 19.1 Å². The molecule has 0 atom stereocenters. The highest BCUT2D eigenvalue weighted by Gasteiger charge is 2.26. The summed E-state index contributed by atoms with van der Waals surface area (Å²) in [5.41, 5.74) is 6.39. The fraction of sp³-hybridized carbons (Fsp3) is 0.174. The van der Waals surface area contributed by atoms with Gasteiger partial charge in [0.15, 0.2) is 6.61 Å². The topological polar surface area (TPSA) is 92.7 Å². The van der Waals surface area contributed by atoms with Crippen molar-refractivity contribution in [2.75, 3.05) is 28.8 Å². The first kappa shape index (κ1) is 20.2. The van der Waals surface area contributed by atoms with Gasteiger partial charge in [-0.3, -0.25) is 29.4 Å². The molecule has 2 heterocycles. The number of hydrogen-bond donors (Lipinski definition) is 2. The minimum Gasteiger partial charge on any atom is -0.484 e. The zero-order valence-electron chi connectivity index (χ0n) is 17.2. The van der Waals surface area contributed by atoms with Crippen molar-refractivity contribution in [3.05, 3.63) is 77.6 Å². The third-order valence-corrected chi connectivity index (χ3v) is 5.04. The molecule has 8 heteroatoms. The number of ether oxygens (including phenoxy) is 1. The summed E-state index contributed by atoms with van der Waals surface area (Å²) in [6, 6.07) is 17.5. The summed E-state index contributed by atoms with van der Waals surface area (Å²) in [6.45, 7) is 3.53. The Kier molecular flexibility index (Phi) is 5.44. The molecule has 0 spiro atoms. The number of carbonyl (C=O) groups is 3. The number of nitrogens with one attached hydrogen (secondary N) is 2. The van der Waals surface area contributed by atoms with Crippen LogP contribution >= 0.6 is 0 Å². The van der Waals surface area contributed by atoms with Crippen molar-refractivity contribution in [3.63, 3.8) is 0 Å². The van der Waals surface area contributed by atoms with Crippen molar-refractivity contribution in [1.82, 2.24) is 4.68 Å². The number of anilines is 2. The Morgan fingerprint density at radius 3 is 2.39 bits per heavy atom. The van der Waals surface area contributed by atoms with Gasteiger partial charge in [-0.2, -0.15) is 0 Å². The normalized spacial score (nSPS) is 12.7. The second kappa shape index (κ2) is 8.35. The van der Waals surface area contributed by atoms with Gasteiger partial charge in [-0.05, 0) is 62.4 Å². The lowest BCUT2D eigenvalue weighted by Gasteiger charge is -2.29. The molecule has 3 aromatic rings. The van der Waals surface area contributed by atoms with E-state index in [2.05, 4.69) is 10.7 Å². The van der Waals surface area contributed by atoms with Gasteiger partial charge >= 0.3 is 0 Å². The summed E-state index contributed by atoms with van der Waals surface area (Å²) in [6.07, 6.45) is 0. The molecule has 0 saturated heterocycles. The van der Waals surface area contributed by atoms with E-state index in [0.717, 1.165) is 11.4 Å². The molecule has 0 saturated carbocycles. The maximum atomic E-state index is 12.7. The van der Waals surface area contributed by atoms with Crippen LogP contribution in [0.1, 0.15) is 21.7 Å². The molecule has 31 heavy (non-hydrogen) atoms. The van der Waals surface area contributed by atoms with Crippen LogP contribution in [0.3, 0.4) is 0 Å². The summed E-state index contributed by atoms with van der Waals surface area (Å²) in [7, 11) is 0. The van der Waals surface area contributed by atoms with Crippen LogP contribution in [0.15, 0.2) is 60.7 Å². The summed E-state index contributed by atoms with van der Waals surface area (Å²) < 4.78 is 7.31. The molecule has 4 rings (SSSR count). The molecule has 1 aliphatic heterocycles. The van der Waals surface area contributed by atoms with E-state index in [1.54, 1.807) is 53.2 Å². The molecule has 0 aliphatic carbocycles. The Labute approximate surface area is 179 Å². The molecule has 3 amide bonds. The zero-order chi connectivity index (χ0) is 22.0. The Hall–Kier alpha value is -4.07. The Morgan fingerprint density at radius 2 is 1.68 bits per heavy atom. The van der Waals surface area contributed by atoms with Crippen LogP contribution in [-0.2, 0) is 9.59 Å². The molecule has 1 aromatic heterocycles. The average Bonchev–Trinajstić information content (AvgIpc) is 3.09. The highest BCUT2D eigenvalue weighted by Crippen LogP contribution is 2.29. The van der Waals surface area contributed by atoms with Gasteiger partial charge in [0.25, 0.3) is 11.8 Å². The van der Waals surface area contributed by atoms with E-state index in [9.17, 15) is 14.4 Å². The van der Waals surface area contributed by atoms with Crippen LogP contribution in [0.4, 0.5) is 11.4 Å². The van der Waals surface area contributed by atoms with Crippen LogP contribution in [0.2, 0.25) is 0 Å². The fourth-order valence-corrected chi connectivity index (χ4v) is 3.39. The van der Waals surface area contributed by atoms with Gasteiger partial charge in [0, 0.05) is 17.0 Å². The van der Waals surface area contributed by atoms with E-state index >= 15 is 0 Å². The van der Waals surface area contributed by atoms with E-state index in [0.29, 0.717) is 22.7 Å². The Balaban J connectivity index is 1.38. The monoisotopic (exact) mass is 418 g/mol. The van der Waals surface area contributed by atoms with Gasteiger partial charge in [0.2, 0.25) is 5.91 Å². The highest BCUT2D eigenvalue weighted by atomic mass is 16.5. The number of aryl methyl sites for hydroxylation is 2. The minimum atomic E-state index is -0.331. The number of amides is 3. The van der Waals surface area contributed by atoms with Gasteiger partial charge in [0.05, 0.1) is 11.4 Å². The first-order chi connectivity index (χ1) is 14.9. The molecule has 158 valence electrons. The summed E-state index contributed by atoms with van der Waals surface area (Å²) >= 11 is 0. The molecule has 2 aromatic carbocycles. The van der Waals surface area contributed by atoms with Crippen LogP contribution in [-0.4, -0.2) is 35.5 Å². The van der Waals surface area contributed by atoms with Crippen molar-refractivity contribution in [2.24, 2.45) is 0 Å². The van der Waals surface area contributed by atoms with Crippen LogP contribution < -0.4 is 20.4 Å². The molecule has 0 fully saturated rings. The number of rotatable bonds is 5. The predicted octanol–water partition coefficient (Wildman–Crippen LogP) is 2.85. The average molecular weight is 418 g/mol. The van der Waals surface area contributed by atoms with Crippen molar-refractivity contribution in [3.8, 4) is 5.75 Å². The maximum absolute atomic E-state index is 12.7. The molecule has 2 N–H and O–H groups in total. The van der Waals surface area contributed by atoms with Gasteiger partial charge < -0.3 is 10.1 Å². The van der Waals surface area contributed by atoms with Crippen LogP contribution in [0, 0.1) is 13.8 Å². The lowest BCUT2D eigenvalue weighted by Crippen LogP contribution is -2.44.